The standard InChI is InChI=1S/C19H24N4O2/c1-3-14-23(2)17-6-4-15(5-7-17)19(25)21-13-10-18(24)22-16-8-11-20-12-9-16/h4-9,11-12H,3,10,13-14H2,1-2H3,(H,21,25)(H,20,22,24). The van der Waals surface area contributed by atoms with Crippen LogP contribution in [0.2, 0.25) is 0 Å². The van der Waals surface area contributed by atoms with Gasteiger partial charge in [-0.05, 0) is 42.8 Å². The molecule has 0 aliphatic carbocycles. The number of rotatable bonds is 8. The van der Waals surface area contributed by atoms with Crippen LogP contribution in [0.15, 0.2) is 48.8 Å². The van der Waals surface area contributed by atoms with Crippen molar-refractivity contribution in [2.24, 2.45) is 0 Å². The molecule has 0 radical (unpaired) electrons. The second-order valence-corrected chi connectivity index (χ2v) is 5.76. The number of benzene rings is 1. The van der Waals surface area contributed by atoms with Gasteiger partial charge in [-0.2, -0.15) is 0 Å². The topological polar surface area (TPSA) is 74.3 Å². The maximum absolute atomic E-state index is 12.1. The number of anilines is 2. The lowest BCUT2D eigenvalue weighted by Gasteiger charge is -2.18. The highest BCUT2D eigenvalue weighted by Crippen LogP contribution is 2.14. The molecule has 1 heterocycles. The van der Waals surface area contributed by atoms with Crippen molar-refractivity contribution in [2.75, 3.05) is 30.4 Å². The lowest BCUT2D eigenvalue weighted by molar-refractivity contribution is -0.116. The number of nitrogens with one attached hydrogen (secondary N) is 2. The summed E-state index contributed by atoms with van der Waals surface area (Å²) >= 11 is 0. The number of carbonyl (C=O) groups excluding carboxylic acids is 2. The van der Waals surface area contributed by atoms with Gasteiger partial charge in [0.1, 0.15) is 0 Å². The molecule has 0 atom stereocenters. The van der Waals surface area contributed by atoms with E-state index in [0.717, 1.165) is 18.7 Å². The number of amides is 2. The van der Waals surface area contributed by atoms with Gasteiger partial charge in [0.2, 0.25) is 5.91 Å². The Balaban J connectivity index is 1.77. The smallest absolute Gasteiger partial charge is 0.251 e. The van der Waals surface area contributed by atoms with Gasteiger partial charge in [0.05, 0.1) is 0 Å². The molecule has 0 spiro atoms. The Morgan fingerprint density at radius 2 is 1.76 bits per heavy atom. The third-order valence-corrected chi connectivity index (χ3v) is 3.73. The maximum atomic E-state index is 12.1. The molecule has 0 fully saturated rings. The summed E-state index contributed by atoms with van der Waals surface area (Å²) < 4.78 is 0. The summed E-state index contributed by atoms with van der Waals surface area (Å²) in [5.74, 6) is -0.329. The maximum Gasteiger partial charge on any atom is 0.251 e. The van der Waals surface area contributed by atoms with Crippen molar-refractivity contribution < 1.29 is 9.59 Å². The summed E-state index contributed by atoms with van der Waals surface area (Å²) in [6.07, 6.45) is 4.50. The summed E-state index contributed by atoms with van der Waals surface area (Å²) in [6.45, 7) is 3.38. The van der Waals surface area contributed by atoms with Crippen molar-refractivity contribution in [3.63, 3.8) is 0 Å². The van der Waals surface area contributed by atoms with Crippen LogP contribution in [0.3, 0.4) is 0 Å². The molecule has 25 heavy (non-hydrogen) atoms. The zero-order valence-corrected chi connectivity index (χ0v) is 14.7. The van der Waals surface area contributed by atoms with Crippen molar-refractivity contribution in [3.8, 4) is 0 Å². The normalized spacial score (nSPS) is 10.2. The van der Waals surface area contributed by atoms with E-state index in [9.17, 15) is 9.59 Å². The average Bonchev–Trinajstić information content (AvgIpc) is 2.63. The predicted octanol–water partition coefficient (Wildman–Crippen LogP) is 2.69. The fourth-order valence-electron chi connectivity index (χ4n) is 2.38. The molecule has 0 bridgehead atoms. The lowest BCUT2D eigenvalue weighted by Crippen LogP contribution is -2.27. The highest BCUT2D eigenvalue weighted by atomic mass is 16.2. The Morgan fingerprint density at radius 3 is 2.40 bits per heavy atom. The number of hydrogen-bond acceptors (Lipinski definition) is 4. The molecular formula is C19H24N4O2. The van der Waals surface area contributed by atoms with Gasteiger partial charge in [-0.1, -0.05) is 6.92 Å². The van der Waals surface area contributed by atoms with Crippen LogP contribution in [0, 0.1) is 0 Å². The van der Waals surface area contributed by atoms with Crippen molar-refractivity contribution in [2.45, 2.75) is 19.8 Å². The molecule has 2 N–H and O–H groups in total. The molecule has 2 aromatic rings. The second-order valence-electron chi connectivity index (χ2n) is 5.76. The minimum atomic E-state index is -0.179. The minimum Gasteiger partial charge on any atom is -0.375 e. The van der Waals surface area contributed by atoms with Crippen LogP contribution in [0.4, 0.5) is 11.4 Å². The molecule has 6 heteroatoms. The van der Waals surface area contributed by atoms with Gasteiger partial charge in [0.25, 0.3) is 5.91 Å². The van der Waals surface area contributed by atoms with Gasteiger partial charge < -0.3 is 15.5 Å². The molecule has 0 saturated carbocycles. The zero-order chi connectivity index (χ0) is 18.1. The molecule has 0 unspecified atom stereocenters. The van der Waals surface area contributed by atoms with E-state index < -0.39 is 0 Å². The summed E-state index contributed by atoms with van der Waals surface area (Å²) in [5, 5.41) is 5.52. The molecule has 0 aliphatic heterocycles. The van der Waals surface area contributed by atoms with E-state index >= 15 is 0 Å². The van der Waals surface area contributed by atoms with Crippen LogP contribution in [-0.4, -0.2) is 36.9 Å². The van der Waals surface area contributed by atoms with Crippen LogP contribution in [0.5, 0.6) is 0 Å². The van der Waals surface area contributed by atoms with Gasteiger partial charge in [-0.25, -0.2) is 0 Å². The molecule has 132 valence electrons. The van der Waals surface area contributed by atoms with Crippen LogP contribution >= 0.6 is 0 Å². The SMILES string of the molecule is CCCN(C)c1ccc(C(=O)NCCC(=O)Nc2ccncc2)cc1. The van der Waals surface area contributed by atoms with E-state index in [1.807, 2.05) is 19.2 Å². The van der Waals surface area contributed by atoms with Crippen LogP contribution < -0.4 is 15.5 Å². The Bertz CT molecular complexity index is 686. The first-order chi connectivity index (χ1) is 12.1. The molecule has 2 rings (SSSR count). The number of aromatic nitrogens is 1. The Kier molecular flexibility index (Phi) is 6.95. The van der Waals surface area contributed by atoms with Crippen molar-refractivity contribution >= 4 is 23.2 Å². The highest BCUT2D eigenvalue weighted by molar-refractivity contribution is 5.95. The predicted molar refractivity (Wildman–Crippen MR) is 99.8 cm³/mol. The largest absolute Gasteiger partial charge is 0.375 e. The molecule has 0 aliphatic rings. The minimum absolute atomic E-state index is 0.150. The van der Waals surface area contributed by atoms with Crippen LogP contribution in [-0.2, 0) is 4.79 Å². The van der Waals surface area contributed by atoms with Gasteiger partial charge in [0.15, 0.2) is 0 Å². The molecule has 1 aromatic carbocycles. The van der Waals surface area contributed by atoms with Gasteiger partial charge >= 0.3 is 0 Å². The summed E-state index contributed by atoms with van der Waals surface area (Å²) in [4.78, 5) is 30.0. The number of carbonyl (C=O) groups is 2. The Morgan fingerprint density at radius 1 is 1.08 bits per heavy atom. The molecule has 2 amide bonds. The van der Waals surface area contributed by atoms with E-state index in [-0.39, 0.29) is 24.8 Å². The van der Waals surface area contributed by atoms with E-state index in [2.05, 4.69) is 27.4 Å². The van der Waals surface area contributed by atoms with Crippen molar-refractivity contribution in [1.82, 2.24) is 10.3 Å². The zero-order valence-electron chi connectivity index (χ0n) is 14.7. The van der Waals surface area contributed by atoms with Crippen LogP contribution in [0.1, 0.15) is 30.1 Å². The first kappa shape index (κ1) is 18.4. The van der Waals surface area contributed by atoms with E-state index in [1.54, 1.807) is 36.7 Å². The quantitative estimate of drug-likeness (QED) is 0.775. The molecular weight excluding hydrogens is 316 g/mol. The van der Waals surface area contributed by atoms with Gasteiger partial charge in [0, 0.05) is 55.9 Å². The highest BCUT2D eigenvalue weighted by Gasteiger charge is 2.08. The summed E-state index contributed by atoms with van der Waals surface area (Å²) in [6, 6.07) is 10.9. The summed E-state index contributed by atoms with van der Waals surface area (Å²) in [7, 11) is 2.03. The summed E-state index contributed by atoms with van der Waals surface area (Å²) in [5.41, 5.74) is 2.36. The molecule has 1 aromatic heterocycles. The Labute approximate surface area is 148 Å². The first-order valence-electron chi connectivity index (χ1n) is 8.39. The second kappa shape index (κ2) is 9.42. The fraction of sp³-hybridized carbons (Fsp3) is 0.316. The van der Waals surface area contributed by atoms with Gasteiger partial charge in [-0.3, -0.25) is 14.6 Å². The number of hydrogen-bond donors (Lipinski definition) is 2. The van der Waals surface area contributed by atoms with Crippen LogP contribution in [0.25, 0.3) is 0 Å². The van der Waals surface area contributed by atoms with Gasteiger partial charge in [-0.15, -0.1) is 0 Å². The molecule has 6 nitrogen and oxygen atoms in total. The number of nitrogens with zero attached hydrogens (tertiary/aromatic N) is 2. The average molecular weight is 340 g/mol. The van der Waals surface area contributed by atoms with E-state index in [0.29, 0.717) is 11.3 Å². The lowest BCUT2D eigenvalue weighted by atomic mass is 10.2. The van der Waals surface area contributed by atoms with E-state index in [1.165, 1.54) is 0 Å². The van der Waals surface area contributed by atoms with Crippen molar-refractivity contribution in [3.05, 3.63) is 54.4 Å². The van der Waals surface area contributed by atoms with E-state index in [4.69, 9.17) is 0 Å². The number of pyridine rings is 1. The monoisotopic (exact) mass is 340 g/mol. The fourth-order valence-corrected chi connectivity index (χ4v) is 2.38. The Hall–Kier alpha value is -2.89. The first-order valence-corrected chi connectivity index (χ1v) is 8.39. The molecule has 0 saturated heterocycles. The third-order valence-electron chi connectivity index (χ3n) is 3.73. The third kappa shape index (κ3) is 5.91. The van der Waals surface area contributed by atoms with Crippen molar-refractivity contribution in [1.29, 1.82) is 0 Å².